The monoisotopic (exact) mass is 416 g/mol. The van der Waals surface area contributed by atoms with Crippen LogP contribution in [0.15, 0.2) is 0 Å². The van der Waals surface area contributed by atoms with Gasteiger partial charge in [0.2, 0.25) is 0 Å². The fraction of sp³-hybridized carbons (Fsp3) is 0. The fourth-order valence-electron chi connectivity index (χ4n) is 0. The summed E-state index contributed by atoms with van der Waals surface area (Å²) < 4.78 is 0. The number of hydrogen-bond donors (Lipinski definition) is 0. The van der Waals surface area contributed by atoms with Crippen molar-refractivity contribution in [1.29, 1.82) is 0 Å². The third kappa shape index (κ3) is 45.5. The van der Waals surface area contributed by atoms with Crippen LogP contribution in [0.5, 0.6) is 0 Å². The molecule has 0 aliphatic rings. The zero-order chi connectivity index (χ0) is 0. The minimum Gasteiger partial charge on any atom is -2.00 e. The molecule has 0 radical (unpaired) electrons. The Balaban J connectivity index is 0. The van der Waals surface area contributed by atoms with Crippen LogP contribution >= 0.6 is 0 Å². The van der Waals surface area contributed by atoms with Gasteiger partial charge in [-0.1, -0.05) is 0 Å². The Labute approximate surface area is 112 Å². The molecule has 0 nitrogen and oxygen atoms in total. The van der Waals surface area contributed by atoms with Crippen molar-refractivity contribution < 1.29 is 41.9 Å². The normalized spacial score (nSPS) is 0. The number of hydrogen-bond acceptors (Lipinski definition) is 0. The van der Waals surface area contributed by atoms with E-state index in [-0.39, 0.29) is 113 Å². The van der Waals surface area contributed by atoms with E-state index in [1.54, 1.807) is 0 Å². The van der Waals surface area contributed by atoms with Crippen molar-refractivity contribution in [3.63, 3.8) is 0 Å². The van der Waals surface area contributed by atoms with E-state index in [4.69, 9.17) is 0 Å². The standard InChI is InChI=1S/Al.Au.4S.Zn/q2*+3;4*-2;+2. The summed E-state index contributed by atoms with van der Waals surface area (Å²) in [6.07, 6.45) is 0. The average Bonchev–Trinajstić information content (AvgIpc) is 0. The number of rotatable bonds is 0. The molecule has 0 saturated carbocycles. The summed E-state index contributed by atoms with van der Waals surface area (Å²) in [4.78, 5) is 0. The van der Waals surface area contributed by atoms with Gasteiger partial charge in [-0.15, -0.1) is 0 Å². The first kappa shape index (κ1) is 81.9. The van der Waals surface area contributed by atoms with Crippen molar-refractivity contribution in [3.8, 4) is 0 Å². The first-order chi connectivity index (χ1) is 0. The van der Waals surface area contributed by atoms with Crippen LogP contribution in [0.1, 0.15) is 0 Å². The predicted molar refractivity (Wildman–Crippen MR) is 35.2 cm³/mol. The molecule has 0 N–H and O–H groups in total. The van der Waals surface area contributed by atoms with Gasteiger partial charge in [-0.25, -0.2) is 0 Å². The molecule has 0 unspecified atom stereocenters. The summed E-state index contributed by atoms with van der Waals surface area (Å²) in [6.45, 7) is 0. The molecular weight excluding hydrogens is 418 g/mol. The SMILES string of the molecule is [Al+3].[Au+3].[S-2].[S-2].[S-2].[S-2].[Zn+2]. The molecule has 0 aromatic rings. The zero-order valence-electron chi connectivity index (χ0n) is 3.22. The third-order valence-electron chi connectivity index (χ3n) is 0. The molecule has 0 spiro atoms. The van der Waals surface area contributed by atoms with Crippen molar-refractivity contribution in [3.05, 3.63) is 0 Å². The van der Waals surface area contributed by atoms with Crippen LogP contribution in [0.2, 0.25) is 0 Å². The summed E-state index contributed by atoms with van der Waals surface area (Å²) in [6, 6.07) is 0. The minimum atomic E-state index is 0. The summed E-state index contributed by atoms with van der Waals surface area (Å²) >= 11 is 0. The molecule has 7 heteroatoms. The molecule has 0 aromatic heterocycles. The molecule has 40 valence electrons. The van der Waals surface area contributed by atoms with Gasteiger partial charge in [0.25, 0.3) is 0 Å². The van der Waals surface area contributed by atoms with Crippen molar-refractivity contribution in [2.75, 3.05) is 0 Å². The van der Waals surface area contributed by atoms with Crippen LogP contribution in [-0.4, -0.2) is 17.4 Å². The summed E-state index contributed by atoms with van der Waals surface area (Å²) in [5.74, 6) is 0. The van der Waals surface area contributed by atoms with E-state index < -0.39 is 0 Å². The van der Waals surface area contributed by atoms with Crippen LogP contribution in [0, 0.1) is 0 Å². The largest absolute Gasteiger partial charge is 3.00 e. The van der Waals surface area contributed by atoms with Gasteiger partial charge in [0.15, 0.2) is 0 Å². The second-order valence-corrected chi connectivity index (χ2v) is 0. The Kier molecular flexibility index (Phi) is 689. The smallest absolute Gasteiger partial charge is 2.00 e. The van der Waals surface area contributed by atoms with Gasteiger partial charge in [0.05, 0.1) is 0 Å². The van der Waals surface area contributed by atoms with Crippen LogP contribution in [-0.2, 0) is 95.8 Å². The van der Waals surface area contributed by atoms with E-state index in [1.807, 2.05) is 0 Å². The quantitative estimate of drug-likeness (QED) is 0.471. The average molecular weight is 418 g/mol. The zero-order valence-corrected chi connectivity index (χ0v) is 12.8. The first-order valence-electron chi connectivity index (χ1n) is 0. The fourth-order valence-corrected chi connectivity index (χ4v) is 0. The topological polar surface area (TPSA) is 0 Å². The second-order valence-electron chi connectivity index (χ2n) is 0. The van der Waals surface area contributed by atoms with Gasteiger partial charge in [0.1, 0.15) is 0 Å². The molecule has 0 bridgehead atoms. The van der Waals surface area contributed by atoms with Gasteiger partial charge in [-0.3, -0.25) is 0 Å². The molecule has 0 aliphatic carbocycles. The van der Waals surface area contributed by atoms with Gasteiger partial charge in [-0.2, -0.15) is 0 Å². The van der Waals surface area contributed by atoms with Crippen LogP contribution in [0.4, 0.5) is 0 Å². The molecule has 0 heterocycles. The second kappa shape index (κ2) is 58.9. The molecule has 0 rings (SSSR count). The van der Waals surface area contributed by atoms with Gasteiger partial charge in [-0.05, 0) is 0 Å². The van der Waals surface area contributed by atoms with E-state index in [2.05, 4.69) is 0 Å². The van der Waals surface area contributed by atoms with Crippen molar-refractivity contribution in [2.24, 2.45) is 0 Å². The van der Waals surface area contributed by atoms with E-state index >= 15 is 0 Å². The Morgan fingerprint density at radius 1 is 0.571 bits per heavy atom. The summed E-state index contributed by atoms with van der Waals surface area (Å²) in [7, 11) is 0. The Hall–Kier alpha value is 3.30. The molecule has 0 saturated heterocycles. The molecule has 7 heavy (non-hydrogen) atoms. The van der Waals surface area contributed by atoms with Gasteiger partial charge < -0.3 is 54.0 Å². The molecule has 0 atom stereocenters. The molecule has 0 aliphatic heterocycles. The van der Waals surface area contributed by atoms with Crippen molar-refractivity contribution in [2.45, 2.75) is 0 Å². The minimum absolute atomic E-state index is 0. The Morgan fingerprint density at radius 3 is 0.571 bits per heavy atom. The third-order valence-corrected chi connectivity index (χ3v) is 0. The molecule has 0 amide bonds. The summed E-state index contributed by atoms with van der Waals surface area (Å²) in [5, 5.41) is 0. The molecule has 0 fully saturated rings. The van der Waals surface area contributed by atoms with Crippen LogP contribution in [0.25, 0.3) is 0 Å². The maximum Gasteiger partial charge on any atom is 3.00 e. The maximum absolute atomic E-state index is 0. The molecular formula is AlAuS4Zn. The van der Waals surface area contributed by atoms with Crippen LogP contribution in [0.3, 0.4) is 0 Å². The van der Waals surface area contributed by atoms with E-state index in [0.717, 1.165) is 0 Å². The van der Waals surface area contributed by atoms with Crippen molar-refractivity contribution in [1.82, 2.24) is 0 Å². The van der Waals surface area contributed by atoms with Gasteiger partial charge in [0, 0.05) is 0 Å². The Bertz CT molecular complexity index is 11.7. The van der Waals surface area contributed by atoms with E-state index in [0.29, 0.717) is 0 Å². The maximum atomic E-state index is 0. The Morgan fingerprint density at radius 2 is 0.571 bits per heavy atom. The molecule has 0 aromatic carbocycles. The summed E-state index contributed by atoms with van der Waals surface area (Å²) in [5.41, 5.74) is 0. The van der Waals surface area contributed by atoms with Crippen LogP contribution < -0.4 is 0 Å². The van der Waals surface area contributed by atoms with Gasteiger partial charge >= 0.3 is 59.2 Å². The predicted octanol–water partition coefficient (Wildman–Crippen LogP) is -0.395. The van der Waals surface area contributed by atoms with Crippen molar-refractivity contribution >= 4 is 71.3 Å². The van der Waals surface area contributed by atoms with E-state index in [9.17, 15) is 0 Å². The first-order valence-corrected chi connectivity index (χ1v) is 0. The van der Waals surface area contributed by atoms with E-state index in [1.165, 1.54) is 0 Å².